The van der Waals surface area contributed by atoms with E-state index in [1.54, 1.807) is 0 Å². The van der Waals surface area contributed by atoms with Crippen LogP contribution < -0.4 is 0 Å². The Labute approximate surface area is 146 Å². The molecule has 0 aliphatic rings. The highest BCUT2D eigenvalue weighted by Gasteiger charge is 2.20. The van der Waals surface area contributed by atoms with E-state index >= 15 is 0 Å². The molecule has 1 heterocycles. The van der Waals surface area contributed by atoms with Crippen molar-refractivity contribution in [2.75, 3.05) is 0 Å². The van der Waals surface area contributed by atoms with Crippen molar-refractivity contribution in [2.24, 2.45) is 0 Å². The molecule has 0 radical (unpaired) electrons. The Balaban J connectivity index is 1.80. The summed E-state index contributed by atoms with van der Waals surface area (Å²) in [5.41, 5.74) is 3.50. The molecule has 120 valence electrons. The topological polar surface area (TPSA) is 28.4 Å². The van der Waals surface area contributed by atoms with Crippen molar-refractivity contribution in [3.05, 3.63) is 102 Å². The summed E-state index contributed by atoms with van der Waals surface area (Å²) < 4.78 is 6.06. The van der Waals surface area contributed by atoms with Crippen molar-refractivity contribution in [2.45, 2.75) is 6.42 Å². The highest BCUT2D eigenvalue weighted by atomic mass is 16.3. The molecule has 0 unspecified atom stereocenters. The fraction of sp³-hybridized carbons (Fsp3) is 0.0435. The van der Waals surface area contributed by atoms with Gasteiger partial charge in [0.2, 0.25) is 0 Å². The fourth-order valence-electron chi connectivity index (χ4n) is 2.99. The van der Waals surface area contributed by atoms with Gasteiger partial charge < -0.3 is 0 Å². The molecule has 0 fully saturated rings. The van der Waals surface area contributed by atoms with Crippen molar-refractivity contribution in [3.63, 3.8) is 0 Å². The maximum absolute atomic E-state index is 12.7. The molecule has 0 atom stereocenters. The molecule has 0 saturated heterocycles. The minimum atomic E-state index is 0.107. The van der Waals surface area contributed by atoms with E-state index in [1.807, 2.05) is 91.0 Å². The maximum Gasteiger partial charge on any atom is 0.361 e. The molecular formula is C23H17O2+. The van der Waals surface area contributed by atoms with E-state index < -0.39 is 0 Å². The van der Waals surface area contributed by atoms with Gasteiger partial charge in [-0.1, -0.05) is 60.7 Å². The number of para-hydroxylation sites is 1. The third-order valence-corrected chi connectivity index (χ3v) is 4.26. The van der Waals surface area contributed by atoms with Gasteiger partial charge in [0.15, 0.2) is 5.78 Å². The van der Waals surface area contributed by atoms with Crippen LogP contribution >= 0.6 is 0 Å². The summed E-state index contributed by atoms with van der Waals surface area (Å²) in [5.74, 6) is 0.881. The molecule has 0 saturated carbocycles. The van der Waals surface area contributed by atoms with Crippen LogP contribution in [0.15, 0.2) is 95.4 Å². The van der Waals surface area contributed by atoms with Gasteiger partial charge in [-0.05, 0) is 23.8 Å². The molecule has 0 bridgehead atoms. The Morgan fingerprint density at radius 3 is 2.16 bits per heavy atom. The van der Waals surface area contributed by atoms with Crippen LogP contribution in [-0.2, 0) is 6.42 Å². The predicted molar refractivity (Wildman–Crippen MR) is 101 cm³/mol. The van der Waals surface area contributed by atoms with Crippen LogP contribution in [0.1, 0.15) is 15.9 Å². The van der Waals surface area contributed by atoms with E-state index in [1.165, 1.54) is 0 Å². The van der Waals surface area contributed by atoms with Gasteiger partial charge in [-0.3, -0.25) is 4.79 Å². The van der Waals surface area contributed by atoms with Crippen LogP contribution in [0.5, 0.6) is 0 Å². The predicted octanol–water partition coefficient (Wildman–Crippen LogP) is 5.81. The molecule has 0 spiro atoms. The van der Waals surface area contributed by atoms with Crippen molar-refractivity contribution < 1.29 is 9.21 Å². The van der Waals surface area contributed by atoms with E-state index in [4.69, 9.17) is 4.42 Å². The molecule has 0 aliphatic carbocycles. The van der Waals surface area contributed by atoms with Gasteiger partial charge in [-0.2, -0.15) is 0 Å². The minimum absolute atomic E-state index is 0.107. The summed E-state index contributed by atoms with van der Waals surface area (Å²) in [5, 5.41) is 0.978. The van der Waals surface area contributed by atoms with Crippen molar-refractivity contribution in [3.8, 4) is 11.3 Å². The lowest BCUT2D eigenvalue weighted by atomic mass is 9.99. The van der Waals surface area contributed by atoms with E-state index in [-0.39, 0.29) is 5.78 Å². The van der Waals surface area contributed by atoms with Gasteiger partial charge in [0.1, 0.15) is 0 Å². The van der Waals surface area contributed by atoms with E-state index in [2.05, 4.69) is 0 Å². The third-order valence-electron chi connectivity index (χ3n) is 4.26. The third kappa shape index (κ3) is 3.20. The first kappa shape index (κ1) is 15.3. The van der Waals surface area contributed by atoms with E-state index in [0.29, 0.717) is 6.42 Å². The van der Waals surface area contributed by atoms with Crippen molar-refractivity contribution >= 4 is 16.8 Å². The second-order valence-electron chi connectivity index (χ2n) is 5.96. The number of fused-ring (bicyclic) bond motifs is 1. The number of carbonyl (C=O) groups excluding carboxylic acids is 1. The first-order valence-electron chi connectivity index (χ1n) is 8.30. The van der Waals surface area contributed by atoms with Gasteiger partial charge in [0, 0.05) is 24.1 Å². The standard InChI is InChI=1S/C23H17O2/c24-21(17-9-3-1-4-10-17)15-19-16-23(18-11-5-2-6-12-18)25-22-14-8-7-13-20(19)22/h1-14,16H,15H2/q+1. The Hall–Kier alpha value is -3.26. The van der Waals surface area contributed by atoms with E-state index in [0.717, 1.165) is 33.4 Å². The summed E-state index contributed by atoms with van der Waals surface area (Å²) in [6, 6.07) is 29.2. The van der Waals surface area contributed by atoms with Crippen LogP contribution in [0.25, 0.3) is 22.3 Å². The summed E-state index contributed by atoms with van der Waals surface area (Å²) >= 11 is 0. The molecule has 4 aromatic rings. The molecular weight excluding hydrogens is 308 g/mol. The molecule has 2 heteroatoms. The zero-order valence-electron chi connectivity index (χ0n) is 13.7. The second-order valence-corrected chi connectivity index (χ2v) is 5.96. The normalized spacial score (nSPS) is 10.7. The summed E-state index contributed by atoms with van der Waals surface area (Å²) in [6.45, 7) is 0. The monoisotopic (exact) mass is 325 g/mol. The van der Waals surface area contributed by atoms with Gasteiger partial charge in [-0.25, -0.2) is 4.42 Å². The van der Waals surface area contributed by atoms with E-state index in [9.17, 15) is 4.79 Å². The molecule has 3 aromatic carbocycles. The van der Waals surface area contributed by atoms with Gasteiger partial charge in [-0.15, -0.1) is 0 Å². The number of ketones is 1. The molecule has 0 aliphatic heterocycles. The SMILES string of the molecule is O=C(Cc1cc(-c2ccccc2)[o+]c2ccccc12)c1ccccc1. The van der Waals surface area contributed by atoms with Crippen molar-refractivity contribution in [1.82, 2.24) is 0 Å². The van der Waals surface area contributed by atoms with Crippen LogP contribution in [-0.4, -0.2) is 5.78 Å². The first-order valence-corrected chi connectivity index (χ1v) is 8.30. The van der Waals surface area contributed by atoms with Crippen LogP contribution in [0.4, 0.5) is 0 Å². The van der Waals surface area contributed by atoms with Crippen LogP contribution in [0.3, 0.4) is 0 Å². The Morgan fingerprint density at radius 2 is 1.40 bits per heavy atom. The summed E-state index contributed by atoms with van der Waals surface area (Å²) in [6.07, 6.45) is 0.348. The summed E-state index contributed by atoms with van der Waals surface area (Å²) in [4.78, 5) is 12.7. The molecule has 0 N–H and O–H groups in total. The zero-order valence-corrected chi connectivity index (χ0v) is 13.7. The van der Waals surface area contributed by atoms with Gasteiger partial charge in [0.05, 0.1) is 10.9 Å². The molecule has 0 amide bonds. The molecule has 25 heavy (non-hydrogen) atoms. The smallest absolute Gasteiger partial charge is 0.294 e. The zero-order chi connectivity index (χ0) is 17.1. The fourth-order valence-corrected chi connectivity index (χ4v) is 2.99. The van der Waals surface area contributed by atoms with Crippen LogP contribution in [0, 0.1) is 0 Å². The Bertz CT molecular complexity index is 1020. The Kier molecular flexibility index (Phi) is 4.09. The maximum atomic E-state index is 12.7. The largest absolute Gasteiger partial charge is 0.361 e. The number of carbonyl (C=O) groups is 1. The van der Waals surface area contributed by atoms with Crippen molar-refractivity contribution in [1.29, 1.82) is 0 Å². The van der Waals surface area contributed by atoms with Gasteiger partial charge >= 0.3 is 11.3 Å². The number of benzene rings is 3. The Morgan fingerprint density at radius 1 is 0.760 bits per heavy atom. The molecule has 2 nitrogen and oxygen atoms in total. The number of rotatable bonds is 4. The number of Topliss-reactive ketones (excluding diaryl/α,β-unsaturated/α-hetero) is 1. The average Bonchev–Trinajstić information content (AvgIpc) is 2.69. The lowest BCUT2D eigenvalue weighted by Gasteiger charge is -2.03. The lowest BCUT2D eigenvalue weighted by molar-refractivity contribution is 0.0993. The lowest BCUT2D eigenvalue weighted by Crippen LogP contribution is -2.04. The molecule has 4 rings (SSSR count). The second kappa shape index (κ2) is 6.70. The highest BCUT2D eigenvalue weighted by Crippen LogP contribution is 2.28. The average molecular weight is 325 g/mol. The minimum Gasteiger partial charge on any atom is -0.294 e. The van der Waals surface area contributed by atoms with Gasteiger partial charge in [0.25, 0.3) is 0 Å². The van der Waals surface area contributed by atoms with Crippen LogP contribution in [0.2, 0.25) is 0 Å². The highest BCUT2D eigenvalue weighted by molar-refractivity contribution is 5.99. The number of hydrogen-bond acceptors (Lipinski definition) is 1. The summed E-state index contributed by atoms with van der Waals surface area (Å²) in [7, 11) is 0. The molecule has 1 aromatic heterocycles. The quantitative estimate of drug-likeness (QED) is 0.350. The first-order chi connectivity index (χ1) is 12.3. The number of hydrogen-bond donors (Lipinski definition) is 0.